The molecular weight excluding hydrogens is 184 g/mol. The highest BCUT2D eigenvalue weighted by atomic mass is 16.4. The maximum atomic E-state index is 11.1. The molecule has 0 atom stereocenters. The second-order valence-electron chi connectivity index (χ2n) is 2.50. The van der Waals surface area contributed by atoms with E-state index >= 15 is 0 Å². The Labute approximate surface area is 80.9 Å². The quantitative estimate of drug-likeness (QED) is 0.522. The van der Waals surface area contributed by atoms with Crippen molar-refractivity contribution in [2.24, 2.45) is 0 Å². The van der Waals surface area contributed by atoms with Crippen molar-refractivity contribution < 1.29 is 14.7 Å². The molecule has 0 saturated carbocycles. The van der Waals surface area contributed by atoms with Crippen molar-refractivity contribution in [1.29, 1.82) is 0 Å². The number of amides is 1. The molecule has 0 aromatic heterocycles. The number of anilines is 1. The van der Waals surface area contributed by atoms with Gasteiger partial charge < -0.3 is 5.11 Å². The Hall–Kier alpha value is -1.88. The summed E-state index contributed by atoms with van der Waals surface area (Å²) in [6.45, 7) is 0. The molecule has 0 saturated heterocycles. The predicted molar refractivity (Wildman–Crippen MR) is 50.6 cm³/mol. The molecule has 0 unspecified atom stereocenters. The minimum Gasteiger partial charge on any atom is -0.474 e. The van der Waals surface area contributed by atoms with Crippen molar-refractivity contribution in [1.82, 2.24) is 5.43 Å². The van der Waals surface area contributed by atoms with Gasteiger partial charge in [0.15, 0.2) is 0 Å². The van der Waals surface area contributed by atoms with Crippen LogP contribution in [0.25, 0.3) is 0 Å². The number of carboxylic acid groups (broad SMARTS) is 1. The van der Waals surface area contributed by atoms with E-state index in [9.17, 15) is 9.59 Å². The van der Waals surface area contributed by atoms with Crippen molar-refractivity contribution in [3.8, 4) is 0 Å². The molecule has 1 aromatic rings. The average molecular weight is 194 g/mol. The third-order valence-corrected chi connectivity index (χ3v) is 1.62. The van der Waals surface area contributed by atoms with Crippen LogP contribution < -0.4 is 10.4 Å². The molecule has 74 valence electrons. The summed E-state index contributed by atoms with van der Waals surface area (Å²) < 4.78 is 0. The van der Waals surface area contributed by atoms with Gasteiger partial charge in [-0.05, 0) is 12.1 Å². The molecule has 0 aliphatic heterocycles. The number of hydrogen-bond acceptors (Lipinski definition) is 3. The first-order valence-electron chi connectivity index (χ1n) is 3.96. The molecular formula is C9H10N2O3. The van der Waals surface area contributed by atoms with Gasteiger partial charge in [0.25, 0.3) is 0 Å². The molecule has 0 bridgehead atoms. The van der Waals surface area contributed by atoms with E-state index in [1.54, 1.807) is 30.3 Å². The highest BCUT2D eigenvalue weighted by molar-refractivity contribution is 6.36. The topological polar surface area (TPSA) is 69.6 Å². The molecule has 1 rings (SSSR count). The zero-order valence-corrected chi connectivity index (χ0v) is 7.60. The number of rotatable bonds is 2. The van der Waals surface area contributed by atoms with Gasteiger partial charge >= 0.3 is 11.9 Å². The van der Waals surface area contributed by atoms with Crippen LogP contribution in [0.3, 0.4) is 0 Å². The summed E-state index contributed by atoms with van der Waals surface area (Å²) in [5.74, 6) is -2.51. The van der Waals surface area contributed by atoms with Crippen molar-refractivity contribution in [3.63, 3.8) is 0 Å². The van der Waals surface area contributed by atoms with Crippen LogP contribution >= 0.6 is 0 Å². The molecule has 5 nitrogen and oxygen atoms in total. The second-order valence-corrected chi connectivity index (χ2v) is 2.50. The van der Waals surface area contributed by atoms with Gasteiger partial charge in [-0.2, -0.15) is 0 Å². The van der Waals surface area contributed by atoms with Crippen molar-refractivity contribution in [3.05, 3.63) is 30.3 Å². The average Bonchev–Trinajstić information content (AvgIpc) is 2.20. The Bertz CT molecular complexity index is 337. The van der Waals surface area contributed by atoms with Gasteiger partial charge in [-0.25, -0.2) is 15.2 Å². The smallest absolute Gasteiger partial charge is 0.396 e. The fraction of sp³-hybridized carbons (Fsp3) is 0.111. The summed E-state index contributed by atoms with van der Waals surface area (Å²) in [5, 5.41) is 9.47. The van der Waals surface area contributed by atoms with Gasteiger partial charge in [-0.3, -0.25) is 4.79 Å². The Morgan fingerprint density at radius 1 is 1.29 bits per heavy atom. The van der Waals surface area contributed by atoms with Crippen LogP contribution in [0.1, 0.15) is 0 Å². The molecule has 14 heavy (non-hydrogen) atoms. The summed E-state index contributed by atoms with van der Waals surface area (Å²) >= 11 is 0. The minimum absolute atomic E-state index is 0.488. The zero-order valence-electron chi connectivity index (χ0n) is 7.60. The van der Waals surface area contributed by atoms with E-state index in [2.05, 4.69) is 5.43 Å². The summed E-state index contributed by atoms with van der Waals surface area (Å²) in [7, 11) is 1.48. The number of hydrazine groups is 1. The Kier molecular flexibility index (Phi) is 3.19. The van der Waals surface area contributed by atoms with Crippen LogP contribution in [-0.4, -0.2) is 24.0 Å². The van der Waals surface area contributed by atoms with E-state index in [4.69, 9.17) is 5.11 Å². The maximum absolute atomic E-state index is 11.1. The van der Waals surface area contributed by atoms with Crippen LogP contribution in [0.2, 0.25) is 0 Å². The van der Waals surface area contributed by atoms with Gasteiger partial charge in [-0.15, -0.1) is 0 Å². The number of carbonyl (C=O) groups excluding carboxylic acids is 1. The number of carbonyl (C=O) groups is 2. The van der Waals surface area contributed by atoms with Crippen LogP contribution in [0.5, 0.6) is 0 Å². The molecule has 0 heterocycles. The summed E-state index contributed by atoms with van der Waals surface area (Å²) in [6.07, 6.45) is 0. The Morgan fingerprint density at radius 2 is 1.86 bits per heavy atom. The van der Waals surface area contributed by atoms with Gasteiger partial charge in [0, 0.05) is 7.05 Å². The number of benzene rings is 1. The normalized spacial score (nSPS) is 9.50. The number of para-hydroxylation sites is 1. The van der Waals surface area contributed by atoms with Crippen molar-refractivity contribution in [2.75, 3.05) is 12.1 Å². The number of carboxylic acids is 1. The highest BCUT2D eigenvalue weighted by Gasteiger charge is 2.20. The minimum atomic E-state index is -1.50. The van der Waals surface area contributed by atoms with Gasteiger partial charge in [0.05, 0.1) is 5.69 Å². The third-order valence-electron chi connectivity index (χ3n) is 1.62. The molecule has 0 radical (unpaired) electrons. The predicted octanol–water partition coefficient (Wildman–Crippen LogP) is 0.239. The van der Waals surface area contributed by atoms with Crippen molar-refractivity contribution >= 4 is 17.6 Å². The van der Waals surface area contributed by atoms with E-state index in [1.807, 2.05) is 0 Å². The Balaban J connectivity index is 2.93. The first-order chi connectivity index (χ1) is 6.66. The first kappa shape index (κ1) is 10.2. The fourth-order valence-electron chi connectivity index (χ4n) is 1.02. The molecule has 0 fully saturated rings. The van der Waals surface area contributed by atoms with Gasteiger partial charge in [0.1, 0.15) is 0 Å². The van der Waals surface area contributed by atoms with Crippen LogP contribution in [-0.2, 0) is 9.59 Å². The lowest BCUT2D eigenvalue weighted by Crippen LogP contribution is -2.44. The molecule has 1 aromatic carbocycles. The SMILES string of the molecule is CNN(C(=O)C(=O)O)c1ccccc1. The lowest BCUT2D eigenvalue weighted by atomic mass is 10.3. The van der Waals surface area contributed by atoms with Crippen LogP contribution in [0.15, 0.2) is 30.3 Å². The van der Waals surface area contributed by atoms with E-state index in [-0.39, 0.29) is 0 Å². The first-order valence-corrected chi connectivity index (χ1v) is 3.96. The molecule has 5 heteroatoms. The summed E-state index contributed by atoms with van der Waals surface area (Å²) in [4.78, 5) is 21.6. The lowest BCUT2D eigenvalue weighted by Gasteiger charge is -2.18. The zero-order chi connectivity index (χ0) is 10.6. The summed E-state index contributed by atoms with van der Waals surface area (Å²) in [5.41, 5.74) is 2.99. The highest BCUT2D eigenvalue weighted by Crippen LogP contribution is 2.10. The Morgan fingerprint density at radius 3 is 2.29 bits per heavy atom. The third kappa shape index (κ3) is 2.08. The number of nitrogens with zero attached hydrogens (tertiary/aromatic N) is 1. The van der Waals surface area contributed by atoms with Crippen molar-refractivity contribution in [2.45, 2.75) is 0 Å². The van der Waals surface area contributed by atoms with Crippen LogP contribution in [0, 0.1) is 0 Å². The monoisotopic (exact) mass is 194 g/mol. The van der Waals surface area contributed by atoms with E-state index in [0.717, 1.165) is 5.01 Å². The lowest BCUT2D eigenvalue weighted by molar-refractivity contribution is -0.149. The largest absolute Gasteiger partial charge is 0.474 e. The second kappa shape index (κ2) is 4.38. The molecule has 1 amide bonds. The fourth-order valence-corrected chi connectivity index (χ4v) is 1.02. The maximum Gasteiger partial charge on any atom is 0.396 e. The van der Waals surface area contributed by atoms with E-state index < -0.39 is 11.9 Å². The van der Waals surface area contributed by atoms with Gasteiger partial charge in [0.2, 0.25) is 0 Å². The number of nitrogens with one attached hydrogen (secondary N) is 1. The molecule has 0 spiro atoms. The molecule has 0 aliphatic carbocycles. The van der Waals surface area contributed by atoms with Gasteiger partial charge in [-0.1, -0.05) is 18.2 Å². The molecule has 2 N–H and O–H groups in total. The number of aliphatic carboxylic acids is 1. The summed E-state index contributed by atoms with van der Waals surface area (Å²) in [6, 6.07) is 8.49. The molecule has 0 aliphatic rings. The number of hydrogen-bond donors (Lipinski definition) is 2. The van der Waals surface area contributed by atoms with E-state index in [0.29, 0.717) is 5.69 Å². The standard InChI is InChI=1S/C9H10N2O3/c1-10-11(8(12)9(13)14)7-5-3-2-4-6-7/h2-6,10H,1H3,(H,13,14). The van der Waals surface area contributed by atoms with E-state index in [1.165, 1.54) is 7.05 Å². The van der Waals surface area contributed by atoms with Crippen LogP contribution in [0.4, 0.5) is 5.69 Å².